The maximum Gasteiger partial charge on any atom is 0.271 e. The van der Waals surface area contributed by atoms with Gasteiger partial charge in [-0.05, 0) is 36.2 Å². The van der Waals surface area contributed by atoms with E-state index in [0.717, 1.165) is 20.5 Å². The van der Waals surface area contributed by atoms with E-state index in [-0.39, 0.29) is 24.1 Å². The molecule has 0 radical (unpaired) electrons. The summed E-state index contributed by atoms with van der Waals surface area (Å²) in [7, 11) is 0. The van der Waals surface area contributed by atoms with Gasteiger partial charge in [-0.2, -0.15) is 0 Å². The summed E-state index contributed by atoms with van der Waals surface area (Å²) in [6.45, 7) is 1.85. The molecule has 29 heavy (non-hydrogen) atoms. The Hall–Kier alpha value is -2.77. The van der Waals surface area contributed by atoms with Gasteiger partial charge in [0.15, 0.2) is 0 Å². The maximum absolute atomic E-state index is 12.9. The molecule has 4 aromatic rings. The zero-order valence-electron chi connectivity index (χ0n) is 15.6. The van der Waals surface area contributed by atoms with Gasteiger partial charge in [0.05, 0.1) is 17.9 Å². The maximum atomic E-state index is 12.9. The van der Waals surface area contributed by atoms with E-state index in [2.05, 4.69) is 26.2 Å². The monoisotopic (exact) mass is 467 g/mol. The second-order valence-electron chi connectivity index (χ2n) is 6.71. The van der Waals surface area contributed by atoms with Crippen LogP contribution in [0, 0.1) is 0 Å². The van der Waals surface area contributed by atoms with Gasteiger partial charge in [0.1, 0.15) is 11.2 Å². The number of aromatic nitrogens is 2. The zero-order valence-corrected chi connectivity index (χ0v) is 18.0. The molecule has 0 saturated heterocycles. The number of hydrogen-bond acceptors (Lipinski definition) is 4. The molecule has 1 unspecified atom stereocenters. The molecular formula is C22H18BrN3O2S. The van der Waals surface area contributed by atoms with Crippen molar-refractivity contribution < 1.29 is 4.79 Å². The average Bonchev–Trinajstić information content (AvgIpc) is 3.16. The van der Waals surface area contributed by atoms with Gasteiger partial charge in [0.25, 0.3) is 5.56 Å². The lowest BCUT2D eigenvalue weighted by molar-refractivity contribution is -0.122. The second-order valence-corrected chi connectivity index (χ2v) is 8.68. The number of fused-ring (bicyclic) bond motifs is 1. The number of benzene rings is 2. The third-order valence-electron chi connectivity index (χ3n) is 4.62. The first-order valence-electron chi connectivity index (χ1n) is 9.10. The molecule has 0 aliphatic heterocycles. The fraction of sp³-hybridized carbons (Fsp3) is 0.136. The van der Waals surface area contributed by atoms with Crippen molar-refractivity contribution in [3.63, 3.8) is 0 Å². The van der Waals surface area contributed by atoms with Gasteiger partial charge < -0.3 is 5.32 Å². The van der Waals surface area contributed by atoms with Crippen LogP contribution in [0.3, 0.4) is 0 Å². The van der Waals surface area contributed by atoms with Crippen LogP contribution in [0.25, 0.3) is 20.7 Å². The number of rotatable bonds is 5. The van der Waals surface area contributed by atoms with Gasteiger partial charge in [0.2, 0.25) is 5.91 Å². The summed E-state index contributed by atoms with van der Waals surface area (Å²) in [4.78, 5) is 30.7. The highest BCUT2D eigenvalue weighted by molar-refractivity contribution is 9.10. The van der Waals surface area contributed by atoms with Crippen LogP contribution in [0.15, 0.2) is 76.3 Å². The Labute approximate surface area is 180 Å². The van der Waals surface area contributed by atoms with E-state index < -0.39 is 0 Å². The molecule has 7 heteroatoms. The van der Waals surface area contributed by atoms with E-state index in [0.29, 0.717) is 10.2 Å². The number of carbonyl (C=O) groups is 1. The highest BCUT2D eigenvalue weighted by Gasteiger charge is 2.14. The highest BCUT2D eigenvalue weighted by Crippen LogP contribution is 2.30. The number of carbonyl (C=O) groups excluding carboxylic acids is 1. The third kappa shape index (κ3) is 4.31. The Kier molecular flexibility index (Phi) is 5.60. The standard InChI is InChI=1S/C22H18BrN3O2S/c1-14(15-7-9-17(23)10-8-15)25-20(27)12-26-13-24-18-11-19(29-21(18)22(26)28)16-5-3-2-4-6-16/h2-11,13-14H,12H2,1H3,(H,25,27). The Morgan fingerprint density at radius 3 is 2.62 bits per heavy atom. The molecule has 1 amide bonds. The molecule has 0 aliphatic carbocycles. The normalized spacial score (nSPS) is 12.1. The van der Waals surface area contributed by atoms with Crippen LogP contribution >= 0.6 is 27.3 Å². The number of nitrogens with zero attached hydrogens (tertiary/aromatic N) is 2. The van der Waals surface area contributed by atoms with Crippen molar-refractivity contribution in [2.45, 2.75) is 19.5 Å². The fourth-order valence-corrected chi connectivity index (χ4v) is 4.41. The van der Waals surface area contributed by atoms with E-state index >= 15 is 0 Å². The Morgan fingerprint density at radius 1 is 1.17 bits per heavy atom. The largest absolute Gasteiger partial charge is 0.348 e. The van der Waals surface area contributed by atoms with Gasteiger partial charge in [-0.3, -0.25) is 14.2 Å². The van der Waals surface area contributed by atoms with Crippen LogP contribution in [0.5, 0.6) is 0 Å². The van der Waals surface area contributed by atoms with Crippen molar-refractivity contribution in [3.05, 3.63) is 87.4 Å². The lowest BCUT2D eigenvalue weighted by atomic mass is 10.1. The minimum absolute atomic E-state index is 0.0682. The molecule has 0 spiro atoms. The van der Waals surface area contributed by atoms with Crippen molar-refractivity contribution >= 4 is 43.4 Å². The van der Waals surface area contributed by atoms with Crippen molar-refractivity contribution in [1.29, 1.82) is 0 Å². The molecule has 2 aromatic heterocycles. The van der Waals surface area contributed by atoms with Crippen LogP contribution in [0.4, 0.5) is 0 Å². The van der Waals surface area contributed by atoms with E-state index in [1.54, 1.807) is 0 Å². The number of amides is 1. The first-order chi connectivity index (χ1) is 14.0. The summed E-state index contributed by atoms with van der Waals surface area (Å²) in [5, 5.41) is 2.93. The molecule has 2 heterocycles. The molecule has 0 aliphatic rings. The molecule has 146 valence electrons. The minimum Gasteiger partial charge on any atom is -0.348 e. The molecule has 0 bridgehead atoms. The third-order valence-corrected chi connectivity index (χ3v) is 6.31. The van der Waals surface area contributed by atoms with E-state index in [9.17, 15) is 9.59 Å². The van der Waals surface area contributed by atoms with Gasteiger partial charge in [-0.25, -0.2) is 4.98 Å². The Morgan fingerprint density at radius 2 is 1.90 bits per heavy atom. The topological polar surface area (TPSA) is 64.0 Å². The number of hydrogen-bond donors (Lipinski definition) is 1. The van der Waals surface area contributed by atoms with Gasteiger partial charge >= 0.3 is 0 Å². The Bertz CT molecular complexity index is 1220. The van der Waals surface area contributed by atoms with Crippen molar-refractivity contribution in [3.8, 4) is 10.4 Å². The number of nitrogens with one attached hydrogen (secondary N) is 1. The molecule has 4 rings (SSSR count). The second kappa shape index (κ2) is 8.31. The molecule has 2 aromatic carbocycles. The lowest BCUT2D eigenvalue weighted by Gasteiger charge is -2.15. The van der Waals surface area contributed by atoms with Crippen LogP contribution in [0.2, 0.25) is 0 Å². The summed E-state index contributed by atoms with van der Waals surface area (Å²) in [6, 6.07) is 19.4. The summed E-state index contributed by atoms with van der Waals surface area (Å²) in [5.74, 6) is -0.233. The van der Waals surface area contributed by atoms with Crippen LogP contribution in [-0.4, -0.2) is 15.5 Å². The molecule has 5 nitrogen and oxygen atoms in total. The predicted molar refractivity (Wildman–Crippen MR) is 120 cm³/mol. The molecule has 0 fully saturated rings. The van der Waals surface area contributed by atoms with Crippen LogP contribution < -0.4 is 10.9 Å². The van der Waals surface area contributed by atoms with E-state index in [1.165, 1.54) is 22.2 Å². The average molecular weight is 468 g/mol. The summed E-state index contributed by atoms with van der Waals surface area (Å²) in [5.41, 5.74) is 2.49. The Balaban J connectivity index is 1.53. The van der Waals surface area contributed by atoms with Crippen molar-refractivity contribution in [2.24, 2.45) is 0 Å². The first-order valence-corrected chi connectivity index (χ1v) is 10.7. The van der Waals surface area contributed by atoms with Gasteiger partial charge in [-0.15, -0.1) is 11.3 Å². The summed E-state index contributed by atoms with van der Waals surface area (Å²) in [6.07, 6.45) is 1.44. The van der Waals surface area contributed by atoms with Crippen molar-refractivity contribution in [2.75, 3.05) is 0 Å². The van der Waals surface area contributed by atoms with E-state index in [4.69, 9.17) is 0 Å². The van der Waals surface area contributed by atoms with Gasteiger partial charge in [-0.1, -0.05) is 58.4 Å². The summed E-state index contributed by atoms with van der Waals surface area (Å²) >= 11 is 4.80. The molecule has 1 atom stereocenters. The first kappa shape index (κ1) is 19.5. The number of thiophene rings is 1. The van der Waals surface area contributed by atoms with Crippen molar-refractivity contribution in [1.82, 2.24) is 14.9 Å². The molecule has 0 saturated carbocycles. The van der Waals surface area contributed by atoms with Gasteiger partial charge in [0, 0.05) is 9.35 Å². The molecule has 1 N–H and O–H groups in total. The van der Waals surface area contributed by atoms with Crippen LogP contribution in [-0.2, 0) is 11.3 Å². The fourth-order valence-electron chi connectivity index (χ4n) is 3.08. The highest BCUT2D eigenvalue weighted by atomic mass is 79.9. The SMILES string of the molecule is CC(NC(=O)Cn1cnc2cc(-c3ccccc3)sc2c1=O)c1ccc(Br)cc1. The summed E-state index contributed by atoms with van der Waals surface area (Å²) < 4.78 is 2.90. The smallest absolute Gasteiger partial charge is 0.271 e. The lowest BCUT2D eigenvalue weighted by Crippen LogP contribution is -2.33. The molecular weight excluding hydrogens is 450 g/mol. The minimum atomic E-state index is -0.233. The zero-order chi connectivity index (χ0) is 20.4. The van der Waals surface area contributed by atoms with E-state index in [1.807, 2.05) is 67.6 Å². The quantitative estimate of drug-likeness (QED) is 0.459. The van der Waals surface area contributed by atoms with Crippen LogP contribution in [0.1, 0.15) is 18.5 Å². The predicted octanol–water partition coefficient (Wildman–Crippen LogP) is 4.76. The number of halogens is 1.